The van der Waals surface area contributed by atoms with Gasteiger partial charge < -0.3 is 14.8 Å². The fourth-order valence-electron chi connectivity index (χ4n) is 3.31. The number of hydrogen-bond acceptors (Lipinski definition) is 5. The van der Waals surface area contributed by atoms with E-state index < -0.39 is 0 Å². The van der Waals surface area contributed by atoms with E-state index in [2.05, 4.69) is 22.2 Å². The first-order valence-corrected chi connectivity index (χ1v) is 8.90. The molecule has 0 saturated heterocycles. The monoisotopic (exact) mass is 355 g/mol. The van der Waals surface area contributed by atoms with Crippen molar-refractivity contribution in [1.82, 2.24) is 15.3 Å². The van der Waals surface area contributed by atoms with E-state index in [0.717, 1.165) is 35.6 Å². The van der Waals surface area contributed by atoms with Crippen molar-refractivity contribution in [3.8, 4) is 11.5 Å². The van der Waals surface area contributed by atoms with Gasteiger partial charge in [-0.2, -0.15) is 0 Å². The first-order valence-electron chi connectivity index (χ1n) is 8.90. The van der Waals surface area contributed by atoms with Crippen LogP contribution in [0.15, 0.2) is 30.7 Å². The van der Waals surface area contributed by atoms with Crippen molar-refractivity contribution in [2.75, 3.05) is 7.11 Å². The summed E-state index contributed by atoms with van der Waals surface area (Å²) in [7, 11) is 1.63. The highest BCUT2D eigenvalue weighted by Gasteiger charge is 2.35. The van der Waals surface area contributed by atoms with E-state index >= 15 is 0 Å². The molecule has 1 aromatic carbocycles. The molecule has 6 heteroatoms. The molecule has 1 amide bonds. The minimum absolute atomic E-state index is 0.162. The highest BCUT2D eigenvalue weighted by atomic mass is 16.5. The number of amides is 1. The maximum absolute atomic E-state index is 12.9. The van der Waals surface area contributed by atoms with Gasteiger partial charge in [0.2, 0.25) is 0 Å². The van der Waals surface area contributed by atoms with Crippen LogP contribution in [0.4, 0.5) is 0 Å². The van der Waals surface area contributed by atoms with Crippen molar-refractivity contribution in [2.45, 2.75) is 51.7 Å². The average molecular weight is 355 g/mol. The van der Waals surface area contributed by atoms with Gasteiger partial charge in [0.05, 0.1) is 24.4 Å². The Morgan fingerprint density at radius 1 is 1.42 bits per heavy atom. The van der Waals surface area contributed by atoms with Gasteiger partial charge in [-0.15, -0.1) is 0 Å². The zero-order valence-electron chi connectivity index (χ0n) is 15.7. The molecule has 1 aromatic heterocycles. The van der Waals surface area contributed by atoms with Gasteiger partial charge in [-0.25, -0.2) is 9.97 Å². The lowest BCUT2D eigenvalue weighted by molar-refractivity contribution is 0.0617. The molecular weight excluding hydrogens is 330 g/mol. The number of ether oxygens (including phenoxy) is 2. The molecule has 138 valence electrons. The summed E-state index contributed by atoms with van der Waals surface area (Å²) in [5.74, 6) is 1.34. The predicted octanol–water partition coefficient (Wildman–Crippen LogP) is 3.47. The van der Waals surface area contributed by atoms with Crippen molar-refractivity contribution in [3.05, 3.63) is 47.5 Å². The summed E-state index contributed by atoms with van der Waals surface area (Å²) < 4.78 is 11.4. The Morgan fingerprint density at radius 3 is 2.96 bits per heavy atom. The van der Waals surface area contributed by atoms with Crippen LogP contribution in [0.25, 0.3) is 0 Å². The minimum atomic E-state index is -0.376. The zero-order chi connectivity index (χ0) is 18.7. The number of carbonyl (C=O) groups is 1. The third kappa shape index (κ3) is 3.79. The molecule has 26 heavy (non-hydrogen) atoms. The maximum atomic E-state index is 12.9. The van der Waals surface area contributed by atoms with Crippen LogP contribution in [0.3, 0.4) is 0 Å². The average Bonchev–Trinajstić information content (AvgIpc) is 2.61. The lowest BCUT2D eigenvalue weighted by Gasteiger charge is -2.38. The van der Waals surface area contributed by atoms with Gasteiger partial charge in [-0.1, -0.05) is 13.3 Å². The molecular formula is C20H25N3O3. The van der Waals surface area contributed by atoms with Crippen molar-refractivity contribution in [1.29, 1.82) is 0 Å². The molecule has 6 nitrogen and oxygen atoms in total. The standard InChI is InChI=1S/C20H25N3O3/c1-5-6-16-15(11-21-12-22-16)19(24)23-17-10-20(2,3)26-18-8-7-13(25-4)9-14(17)18/h7-9,11-12,17H,5-6,10H2,1-4H3,(H,23,24). The van der Waals surface area contributed by atoms with Gasteiger partial charge in [0, 0.05) is 18.2 Å². The summed E-state index contributed by atoms with van der Waals surface area (Å²) in [5.41, 5.74) is 1.85. The van der Waals surface area contributed by atoms with E-state index in [-0.39, 0.29) is 17.6 Å². The van der Waals surface area contributed by atoms with E-state index in [1.807, 2.05) is 32.0 Å². The lowest BCUT2D eigenvalue weighted by Crippen LogP contribution is -2.41. The number of nitrogens with zero attached hydrogens (tertiary/aromatic N) is 2. The highest BCUT2D eigenvalue weighted by molar-refractivity contribution is 5.95. The number of nitrogens with one attached hydrogen (secondary N) is 1. The number of rotatable bonds is 5. The number of benzene rings is 1. The summed E-state index contributed by atoms with van der Waals surface area (Å²) in [6.45, 7) is 6.11. The van der Waals surface area contributed by atoms with Crippen molar-refractivity contribution in [2.24, 2.45) is 0 Å². The lowest BCUT2D eigenvalue weighted by atomic mass is 9.89. The van der Waals surface area contributed by atoms with Crippen LogP contribution in [-0.2, 0) is 6.42 Å². The van der Waals surface area contributed by atoms with Crippen molar-refractivity contribution in [3.63, 3.8) is 0 Å². The summed E-state index contributed by atoms with van der Waals surface area (Å²) in [6, 6.07) is 5.50. The second-order valence-corrected chi connectivity index (χ2v) is 7.13. The second-order valence-electron chi connectivity index (χ2n) is 7.13. The molecule has 1 N–H and O–H groups in total. The molecule has 2 heterocycles. The molecule has 1 unspecified atom stereocenters. The molecule has 3 rings (SSSR count). The zero-order valence-corrected chi connectivity index (χ0v) is 15.7. The van der Waals surface area contributed by atoms with Gasteiger partial charge >= 0.3 is 0 Å². The van der Waals surface area contributed by atoms with Crippen LogP contribution in [0.1, 0.15) is 61.3 Å². The van der Waals surface area contributed by atoms with E-state index in [4.69, 9.17) is 9.47 Å². The summed E-state index contributed by atoms with van der Waals surface area (Å²) in [4.78, 5) is 21.2. The van der Waals surface area contributed by atoms with Crippen LogP contribution in [-0.4, -0.2) is 28.6 Å². The largest absolute Gasteiger partial charge is 0.497 e. The van der Waals surface area contributed by atoms with Crippen LogP contribution in [0, 0.1) is 0 Å². The number of hydrogen-bond donors (Lipinski definition) is 1. The van der Waals surface area contributed by atoms with Gasteiger partial charge in [0.1, 0.15) is 23.4 Å². The number of aryl methyl sites for hydroxylation is 1. The van der Waals surface area contributed by atoms with Crippen LogP contribution in [0.5, 0.6) is 11.5 Å². The summed E-state index contributed by atoms with van der Waals surface area (Å²) >= 11 is 0. The minimum Gasteiger partial charge on any atom is -0.497 e. The number of methoxy groups -OCH3 is 1. The molecule has 1 atom stereocenters. The third-order valence-corrected chi connectivity index (χ3v) is 4.51. The summed E-state index contributed by atoms with van der Waals surface area (Å²) in [5, 5.41) is 3.14. The van der Waals surface area contributed by atoms with E-state index in [9.17, 15) is 4.79 Å². The first kappa shape index (κ1) is 18.2. The van der Waals surface area contributed by atoms with Crippen molar-refractivity contribution >= 4 is 5.91 Å². The molecule has 1 aliphatic rings. The maximum Gasteiger partial charge on any atom is 0.255 e. The Hall–Kier alpha value is -2.63. The van der Waals surface area contributed by atoms with E-state index in [1.54, 1.807) is 13.3 Å². The molecule has 0 radical (unpaired) electrons. The van der Waals surface area contributed by atoms with E-state index in [0.29, 0.717) is 12.0 Å². The topological polar surface area (TPSA) is 73.3 Å². The second kappa shape index (κ2) is 7.32. The molecule has 0 spiro atoms. The molecule has 2 aromatic rings. The quantitative estimate of drug-likeness (QED) is 0.889. The number of aromatic nitrogens is 2. The van der Waals surface area contributed by atoms with Crippen molar-refractivity contribution < 1.29 is 14.3 Å². The van der Waals surface area contributed by atoms with Gasteiger partial charge in [0.25, 0.3) is 5.91 Å². The Labute approximate surface area is 154 Å². The molecule has 0 bridgehead atoms. The SMILES string of the molecule is CCCc1ncncc1C(=O)NC1CC(C)(C)Oc2ccc(OC)cc21. The van der Waals surface area contributed by atoms with Gasteiger partial charge in [-0.3, -0.25) is 4.79 Å². The fraction of sp³-hybridized carbons (Fsp3) is 0.450. The normalized spacial score (nSPS) is 17.8. The smallest absolute Gasteiger partial charge is 0.255 e. The molecule has 0 saturated carbocycles. The van der Waals surface area contributed by atoms with Crippen LogP contribution >= 0.6 is 0 Å². The first-order chi connectivity index (χ1) is 12.4. The van der Waals surface area contributed by atoms with E-state index in [1.165, 1.54) is 6.33 Å². The molecule has 0 aliphatic carbocycles. The fourth-order valence-corrected chi connectivity index (χ4v) is 3.31. The predicted molar refractivity (Wildman–Crippen MR) is 98.6 cm³/mol. The molecule has 0 fully saturated rings. The molecule has 1 aliphatic heterocycles. The Balaban J connectivity index is 1.91. The third-order valence-electron chi connectivity index (χ3n) is 4.51. The van der Waals surface area contributed by atoms with Crippen LogP contribution < -0.4 is 14.8 Å². The Bertz CT molecular complexity index is 805. The highest BCUT2D eigenvalue weighted by Crippen LogP contribution is 2.41. The summed E-state index contributed by atoms with van der Waals surface area (Å²) in [6.07, 6.45) is 5.40. The Morgan fingerprint density at radius 2 is 2.23 bits per heavy atom. The van der Waals surface area contributed by atoms with Gasteiger partial charge in [0.15, 0.2) is 0 Å². The van der Waals surface area contributed by atoms with Gasteiger partial charge in [-0.05, 0) is 38.5 Å². The Kier molecular flexibility index (Phi) is 5.11. The number of carbonyl (C=O) groups excluding carboxylic acids is 1. The van der Waals surface area contributed by atoms with Crippen LogP contribution in [0.2, 0.25) is 0 Å². The number of fused-ring (bicyclic) bond motifs is 1.